The summed E-state index contributed by atoms with van der Waals surface area (Å²) in [6.07, 6.45) is 0. The molecule has 0 bridgehead atoms. The van der Waals surface area contributed by atoms with Crippen LogP contribution in [0.2, 0.25) is 0 Å². The summed E-state index contributed by atoms with van der Waals surface area (Å²) in [5, 5.41) is 2.15. The highest BCUT2D eigenvalue weighted by Crippen LogP contribution is 2.32. The molecule has 5 aromatic rings. The molecule has 0 fully saturated rings. The lowest BCUT2D eigenvalue weighted by molar-refractivity contribution is 0.671. The van der Waals surface area contributed by atoms with Crippen LogP contribution < -0.4 is 5.46 Å². The Morgan fingerprint density at radius 2 is 1.19 bits per heavy atom. The first-order valence-corrected chi connectivity index (χ1v) is 8.66. The minimum absolute atomic E-state index is 0.674. The average molecular weight is 330 g/mol. The van der Waals surface area contributed by atoms with Gasteiger partial charge in [-0.3, -0.25) is 0 Å². The Labute approximate surface area is 153 Å². The molecule has 5 rings (SSSR count). The van der Waals surface area contributed by atoms with Crippen molar-refractivity contribution in [1.82, 2.24) is 0 Å². The van der Waals surface area contributed by atoms with Gasteiger partial charge in [0.2, 0.25) is 0 Å². The molecule has 26 heavy (non-hydrogen) atoms. The summed E-state index contributed by atoms with van der Waals surface area (Å²) in [6, 6.07) is 31.3. The quantitative estimate of drug-likeness (QED) is 0.378. The zero-order valence-electron chi connectivity index (χ0n) is 14.1. The zero-order valence-corrected chi connectivity index (χ0v) is 14.1. The van der Waals surface area contributed by atoms with E-state index in [0.717, 1.165) is 21.9 Å². The zero-order chi connectivity index (χ0) is 17.5. The lowest BCUT2D eigenvalue weighted by Gasteiger charge is -2.05. The molecule has 0 aliphatic rings. The van der Waals surface area contributed by atoms with Gasteiger partial charge in [0.25, 0.3) is 0 Å². The van der Waals surface area contributed by atoms with Crippen LogP contribution in [-0.4, -0.2) is 7.85 Å². The summed E-state index contributed by atoms with van der Waals surface area (Å²) in [5.41, 5.74) is 7.10. The summed E-state index contributed by atoms with van der Waals surface area (Å²) >= 11 is 0. The maximum atomic E-state index is 6.05. The molecule has 0 N–H and O–H groups in total. The molecule has 1 heterocycles. The molecule has 0 aliphatic carbocycles. The number of hydrogen-bond donors (Lipinski definition) is 0. The highest BCUT2D eigenvalue weighted by Gasteiger charge is 2.09. The van der Waals surface area contributed by atoms with Crippen LogP contribution in [0.4, 0.5) is 0 Å². The minimum atomic E-state index is 0.674. The van der Waals surface area contributed by atoms with Crippen molar-refractivity contribution in [1.29, 1.82) is 0 Å². The first-order valence-electron chi connectivity index (χ1n) is 8.66. The Morgan fingerprint density at radius 1 is 0.538 bits per heavy atom. The standard InChI is InChI=1S/C24H15BO/c25-22-8-4-7-20-21-15-19(13-14-23(21)26-24(20)22)18-11-9-17(10-12-18)16-5-2-1-3-6-16/h1-15H. The van der Waals surface area contributed by atoms with E-state index in [4.69, 9.17) is 12.3 Å². The number of hydrogen-bond acceptors (Lipinski definition) is 1. The third-order valence-corrected chi connectivity index (χ3v) is 4.85. The van der Waals surface area contributed by atoms with Crippen molar-refractivity contribution in [3.63, 3.8) is 0 Å². The number of furan rings is 1. The predicted octanol–water partition coefficient (Wildman–Crippen LogP) is 5.71. The molecule has 0 saturated heterocycles. The Bertz CT molecular complexity index is 1220. The van der Waals surface area contributed by atoms with Crippen molar-refractivity contribution in [3.05, 3.63) is 91.0 Å². The second kappa shape index (κ2) is 5.92. The van der Waals surface area contributed by atoms with E-state index in [-0.39, 0.29) is 0 Å². The molecular formula is C24H15BO. The lowest BCUT2D eigenvalue weighted by Crippen LogP contribution is -2.00. The van der Waals surface area contributed by atoms with Gasteiger partial charge in [-0.25, -0.2) is 0 Å². The number of fused-ring (bicyclic) bond motifs is 3. The van der Waals surface area contributed by atoms with Crippen LogP contribution in [0.15, 0.2) is 95.4 Å². The molecule has 2 heteroatoms. The third-order valence-electron chi connectivity index (χ3n) is 4.85. The van der Waals surface area contributed by atoms with Gasteiger partial charge < -0.3 is 4.42 Å². The first kappa shape index (κ1) is 15.0. The molecule has 120 valence electrons. The molecule has 1 aromatic heterocycles. The molecule has 0 amide bonds. The van der Waals surface area contributed by atoms with E-state index in [1.165, 1.54) is 22.3 Å². The smallest absolute Gasteiger partial charge is 0.135 e. The van der Waals surface area contributed by atoms with Crippen LogP contribution in [0.1, 0.15) is 0 Å². The maximum Gasteiger partial charge on any atom is 0.135 e. The fourth-order valence-electron chi connectivity index (χ4n) is 3.49. The van der Waals surface area contributed by atoms with E-state index >= 15 is 0 Å². The summed E-state index contributed by atoms with van der Waals surface area (Å²) in [7, 11) is 6.05. The molecule has 0 atom stereocenters. The van der Waals surface area contributed by atoms with Gasteiger partial charge in [-0.1, -0.05) is 84.3 Å². The van der Waals surface area contributed by atoms with Gasteiger partial charge in [0.1, 0.15) is 19.0 Å². The molecule has 0 spiro atoms. The molecule has 1 nitrogen and oxygen atoms in total. The van der Waals surface area contributed by atoms with Crippen molar-refractivity contribution in [2.24, 2.45) is 0 Å². The van der Waals surface area contributed by atoms with Crippen LogP contribution in [0, 0.1) is 0 Å². The van der Waals surface area contributed by atoms with E-state index in [1.54, 1.807) is 0 Å². The maximum absolute atomic E-state index is 6.05. The van der Waals surface area contributed by atoms with Crippen LogP contribution >= 0.6 is 0 Å². The molecule has 4 aromatic carbocycles. The van der Waals surface area contributed by atoms with Crippen molar-refractivity contribution in [3.8, 4) is 22.3 Å². The molecule has 0 unspecified atom stereocenters. The fourth-order valence-corrected chi connectivity index (χ4v) is 3.49. The third kappa shape index (κ3) is 2.43. The van der Waals surface area contributed by atoms with Crippen molar-refractivity contribution in [2.45, 2.75) is 0 Å². The number of benzene rings is 4. The Balaban J connectivity index is 1.60. The van der Waals surface area contributed by atoms with Crippen molar-refractivity contribution >= 4 is 35.2 Å². The second-order valence-electron chi connectivity index (χ2n) is 6.48. The molecular weight excluding hydrogens is 315 g/mol. The SMILES string of the molecule is [B]c1cccc2c1oc1ccc(-c3ccc(-c4ccccc4)cc3)cc12. The van der Waals surface area contributed by atoms with Gasteiger partial charge in [0.15, 0.2) is 0 Å². The summed E-state index contributed by atoms with van der Waals surface area (Å²) in [4.78, 5) is 0. The predicted molar refractivity (Wildman–Crippen MR) is 110 cm³/mol. The fraction of sp³-hybridized carbons (Fsp3) is 0. The number of rotatable bonds is 2. The van der Waals surface area contributed by atoms with Crippen molar-refractivity contribution in [2.75, 3.05) is 0 Å². The highest BCUT2D eigenvalue weighted by atomic mass is 16.3. The molecule has 2 radical (unpaired) electrons. The van der Waals surface area contributed by atoms with Gasteiger partial charge in [0, 0.05) is 10.8 Å². The number of para-hydroxylation sites is 1. The second-order valence-corrected chi connectivity index (χ2v) is 6.48. The van der Waals surface area contributed by atoms with Gasteiger partial charge in [-0.2, -0.15) is 0 Å². The van der Waals surface area contributed by atoms with Gasteiger partial charge in [-0.05, 0) is 34.4 Å². The summed E-state index contributed by atoms with van der Waals surface area (Å²) < 4.78 is 5.93. The lowest BCUT2D eigenvalue weighted by atomic mass is 9.93. The summed E-state index contributed by atoms with van der Waals surface area (Å²) in [5.74, 6) is 0. The Hall–Kier alpha value is -3.26. The minimum Gasteiger partial charge on any atom is -0.457 e. The van der Waals surface area contributed by atoms with Crippen molar-refractivity contribution < 1.29 is 4.42 Å². The highest BCUT2D eigenvalue weighted by molar-refractivity contribution is 6.39. The van der Waals surface area contributed by atoms with Gasteiger partial charge >= 0.3 is 0 Å². The molecule has 0 aliphatic heterocycles. The largest absolute Gasteiger partial charge is 0.457 e. The van der Waals surface area contributed by atoms with E-state index in [9.17, 15) is 0 Å². The van der Waals surface area contributed by atoms with Crippen LogP contribution in [-0.2, 0) is 0 Å². The van der Waals surface area contributed by atoms with E-state index in [1.807, 2.05) is 24.3 Å². The van der Waals surface area contributed by atoms with E-state index in [0.29, 0.717) is 5.46 Å². The van der Waals surface area contributed by atoms with Crippen LogP contribution in [0.5, 0.6) is 0 Å². The van der Waals surface area contributed by atoms with E-state index < -0.39 is 0 Å². The molecule has 0 saturated carbocycles. The van der Waals surface area contributed by atoms with Crippen LogP contribution in [0.25, 0.3) is 44.2 Å². The average Bonchev–Trinajstić information content (AvgIpc) is 3.08. The topological polar surface area (TPSA) is 13.1 Å². The normalized spacial score (nSPS) is 11.2. The van der Waals surface area contributed by atoms with Gasteiger partial charge in [-0.15, -0.1) is 0 Å². The van der Waals surface area contributed by atoms with Gasteiger partial charge in [0.05, 0.1) is 0 Å². The first-order chi connectivity index (χ1) is 12.8. The monoisotopic (exact) mass is 330 g/mol. The van der Waals surface area contributed by atoms with E-state index in [2.05, 4.69) is 66.7 Å². The summed E-state index contributed by atoms with van der Waals surface area (Å²) in [6.45, 7) is 0. The Kier molecular flexibility index (Phi) is 3.43. The Morgan fingerprint density at radius 3 is 1.96 bits per heavy atom. The van der Waals surface area contributed by atoms with Crippen LogP contribution in [0.3, 0.4) is 0 Å².